The van der Waals surface area contributed by atoms with Crippen molar-refractivity contribution in [3.05, 3.63) is 36.5 Å². The zero-order valence-corrected chi connectivity index (χ0v) is 9.35. The first-order chi connectivity index (χ1) is 7.86. The second-order valence-corrected chi connectivity index (χ2v) is 4.27. The second kappa shape index (κ2) is 3.76. The van der Waals surface area contributed by atoms with Crippen LogP contribution in [0.1, 0.15) is 0 Å². The number of aromatic nitrogens is 1. The van der Waals surface area contributed by atoms with Gasteiger partial charge in [0.05, 0.1) is 11.6 Å². The maximum atomic E-state index is 4.39. The number of benzene rings is 1. The lowest BCUT2D eigenvalue weighted by Crippen LogP contribution is -2.56. The monoisotopic (exact) mass is 213 g/mol. The third-order valence-corrected chi connectivity index (χ3v) is 3.31. The van der Waals surface area contributed by atoms with Crippen LogP contribution in [0, 0.1) is 0 Å². The molecule has 0 bridgehead atoms. The summed E-state index contributed by atoms with van der Waals surface area (Å²) in [5.41, 5.74) is 2.34. The summed E-state index contributed by atoms with van der Waals surface area (Å²) in [6, 6.07) is 11.0. The van der Waals surface area contributed by atoms with Gasteiger partial charge in [0.15, 0.2) is 0 Å². The lowest BCUT2D eigenvalue weighted by Gasteiger charge is -2.37. The Morgan fingerprint density at radius 2 is 2.06 bits per heavy atom. The number of pyridine rings is 1. The fourth-order valence-corrected chi connectivity index (χ4v) is 2.13. The van der Waals surface area contributed by atoms with Crippen molar-refractivity contribution in [1.82, 2.24) is 10.3 Å². The molecule has 1 aromatic heterocycles. The van der Waals surface area contributed by atoms with E-state index in [9.17, 15) is 0 Å². The molecule has 16 heavy (non-hydrogen) atoms. The van der Waals surface area contributed by atoms with Crippen molar-refractivity contribution < 1.29 is 0 Å². The van der Waals surface area contributed by atoms with Gasteiger partial charge in [-0.2, -0.15) is 0 Å². The quantitative estimate of drug-likeness (QED) is 0.822. The molecule has 0 aliphatic carbocycles. The van der Waals surface area contributed by atoms with Crippen LogP contribution in [0.15, 0.2) is 36.5 Å². The third kappa shape index (κ3) is 1.44. The lowest BCUT2D eigenvalue weighted by atomic mass is 10.1. The number of rotatable bonds is 2. The minimum atomic E-state index is 0.616. The molecule has 3 heteroatoms. The van der Waals surface area contributed by atoms with Gasteiger partial charge in [-0.15, -0.1) is 0 Å². The largest absolute Gasteiger partial charge is 0.368 e. The predicted octanol–water partition coefficient (Wildman–Crippen LogP) is 1.64. The molecule has 2 aromatic rings. The molecule has 82 valence electrons. The molecule has 0 saturated carbocycles. The number of hydrogen-bond acceptors (Lipinski definition) is 3. The van der Waals surface area contributed by atoms with Crippen LogP contribution in [0.25, 0.3) is 10.9 Å². The van der Waals surface area contributed by atoms with Crippen LogP contribution in [0.4, 0.5) is 5.69 Å². The van der Waals surface area contributed by atoms with Crippen molar-refractivity contribution in [2.24, 2.45) is 0 Å². The van der Waals surface area contributed by atoms with Crippen LogP contribution in [-0.4, -0.2) is 31.2 Å². The molecule has 3 nitrogen and oxygen atoms in total. The van der Waals surface area contributed by atoms with Crippen molar-refractivity contribution in [2.45, 2.75) is 6.04 Å². The molecule has 1 aromatic carbocycles. The Hall–Kier alpha value is -1.61. The van der Waals surface area contributed by atoms with Crippen molar-refractivity contribution in [3.63, 3.8) is 0 Å². The molecule has 0 atom stereocenters. The first-order valence-electron chi connectivity index (χ1n) is 5.63. The number of nitrogens with one attached hydrogen (secondary N) is 1. The number of likely N-dealkylation sites (N-methyl/N-ethyl adjacent to an activating group) is 1. The Morgan fingerprint density at radius 1 is 1.25 bits per heavy atom. The van der Waals surface area contributed by atoms with Crippen molar-refractivity contribution >= 4 is 16.6 Å². The number of nitrogens with zero attached hydrogens (tertiary/aromatic N) is 2. The van der Waals surface area contributed by atoms with Gasteiger partial charge in [0.2, 0.25) is 0 Å². The summed E-state index contributed by atoms with van der Waals surface area (Å²) >= 11 is 0. The molecule has 1 N–H and O–H groups in total. The minimum absolute atomic E-state index is 0.616. The predicted molar refractivity (Wildman–Crippen MR) is 66.8 cm³/mol. The summed E-state index contributed by atoms with van der Waals surface area (Å²) in [6.07, 6.45) is 1.89. The Bertz CT molecular complexity index is 500. The molecule has 0 unspecified atom stereocenters. The summed E-state index contributed by atoms with van der Waals surface area (Å²) in [7, 11) is 2.16. The lowest BCUT2D eigenvalue weighted by molar-refractivity contribution is 0.429. The van der Waals surface area contributed by atoms with E-state index in [1.54, 1.807) is 0 Å². The summed E-state index contributed by atoms with van der Waals surface area (Å²) < 4.78 is 0. The zero-order valence-electron chi connectivity index (χ0n) is 9.35. The summed E-state index contributed by atoms with van der Waals surface area (Å²) in [4.78, 5) is 6.73. The summed E-state index contributed by atoms with van der Waals surface area (Å²) in [5.74, 6) is 0. The highest BCUT2D eigenvalue weighted by atomic mass is 15.2. The fourth-order valence-electron chi connectivity index (χ4n) is 2.13. The summed E-state index contributed by atoms with van der Waals surface area (Å²) in [5, 5.41) is 4.54. The third-order valence-electron chi connectivity index (χ3n) is 3.31. The number of fused-ring (bicyclic) bond motifs is 1. The van der Waals surface area contributed by atoms with E-state index in [1.807, 2.05) is 12.3 Å². The van der Waals surface area contributed by atoms with Crippen LogP contribution in [0.3, 0.4) is 0 Å². The van der Waals surface area contributed by atoms with E-state index in [4.69, 9.17) is 0 Å². The maximum absolute atomic E-state index is 4.39. The van der Waals surface area contributed by atoms with Crippen molar-refractivity contribution in [1.29, 1.82) is 0 Å². The second-order valence-electron chi connectivity index (χ2n) is 4.27. The highest BCUT2D eigenvalue weighted by Gasteiger charge is 2.22. The van der Waals surface area contributed by atoms with E-state index in [2.05, 4.69) is 46.5 Å². The van der Waals surface area contributed by atoms with Gasteiger partial charge in [-0.25, -0.2) is 0 Å². The number of anilines is 1. The minimum Gasteiger partial charge on any atom is -0.368 e. The Labute approximate surface area is 95.1 Å². The van der Waals surface area contributed by atoms with E-state index < -0.39 is 0 Å². The van der Waals surface area contributed by atoms with Crippen LogP contribution in [0.5, 0.6) is 0 Å². The molecule has 1 fully saturated rings. The molecule has 3 rings (SSSR count). The van der Waals surface area contributed by atoms with Gasteiger partial charge >= 0.3 is 0 Å². The maximum Gasteiger partial charge on any atom is 0.0722 e. The van der Waals surface area contributed by atoms with Gasteiger partial charge in [0.1, 0.15) is 0 Å². The number of para-hydroxylation sites is 1. The molecule has 1 aliphatic rings. The highest BCUT2D eigenvalue weighted by Crippen LogP contribution is 2.26. The molecule has 1 saturated heterocycles. The average molecular weight is 213 g/mol. The standard InChI is InChI=1S/C13H15N3/c1-16(10-8-14-9-10)13-6-7-15-12-5-3-2-4-11(12)13/h2-7,10,14H,8-9H2,1H3. The number of hydrogen-bond donors (Lipinski definition) is 1. The van der Waals surface area contributed by atoms with Crippen LogP contribution in [-0.2, 0) is 0 Å². The Morgan fingerprint density at radius 3 is 2.81 bits per heavy atom. The van der Waals surface area contributed by atoms with Crippen molar-refractivity contribution in [2.75, 3.05) is 25.0 Å². The van der Waals surface area contributed by atoms with Gasteiger partial charge in [0, 0.05) is 37.4 Å². The van der Waals surface area contributed by atoms with Gasteiger partial charge in [-0.05, 0) is 12.1 Å². The molecule has 0 spiro atoms. The molecule has 0 radical (unpaired) electrons. The molecular formula is C13H15N3. The first-order valence-corrected chi connectivity index (χ1v) is 5.63. The molecule has 2 heterocycles. The van der Waals surface area contributed by atoms with E-state index in [-0.39, 0.29) is 0 Å². The topological polar surface area (TPSA) is 28.2 Å². The Kier molecular flexibility index (Phi) is 2.26. The average Bonchev–Trinajstić information content (AvgIpc) is 2.26. The van der Waals surface area contributed by atoms with Gasteiger partial charge in [-0.1, -0.05) is 18.2 Å². The molecular weight excluding hydrogens is 198 g/mol. The van der Waals surface area contributed by atoms with Gasteiger partial charge in [-0.3, -0.25) is 4.98 Å². The fraction of sp³-hybridized carbons (Fsp3) is 0.308. The highest BCUT2D eigenvalue weighted by molar-refractivity contribution is 5.91. The normalized spacial score (nSPS) is 16.1. The van der Waals surface area contributed by atoms with E-state index in [0.717, 1.165) is 18.6 Å². The van der Waals surface area contributed by atoms with E-state index in [1.165, 1.54) is 11.1 Å². The first kappa shape index (κ1) is 9.60. The van der Waals surface area contributed by atoms with Crippen LogP contribution < -0.4 is 10.2 Å². The Balaban J connectivity index is 2.08. The van der Waals surface area contributed by atoms with E-state index >= 15 is 0 Å². The van der Waals surface area contributed by atoms with Gasteiger partial charge in [0.25, 0.3) is 0 Å². The smallest absolute Gasteiger partial charge is 0.0722 e. The molecule has 0 amide bonds. The SMILES string of the molecule is CN(c1ccnc2ccccc12)C1CNC1. The van der Waals surface area contributed by atoms with E-state index in [0.29, 0.717) is 6.04 Å². The molecule has 1 aliphatic heterocycles. The van der Waals surface area contributed by atoms with Crippen LogP contribution in [0.2, 0.25) is 0 Å². The van der Waals surface area contributed by atoms with Gasteiger partial charge < -0.3 is 10.2 Å². The summed E-state index contributed by atoms with van der Waals surface area (Å²) in [6.45, 7) is 2.15. The van der Waals surface area contributed by atoms with Crippen LogP contribution >= 0.6 is 0 Å². The van der Waals surface area contributed by atoms with Crippen molar-refractivity contribution in [3.8, 4) is 0 Å². The zero-order chi connectivity index (χ0) is 11.0.